The van der Waals surface area contributed by atoms with Crippen LogP contribution in [0.2, 0.25) is 0 Å². The van der Waals surface area contributed by atoms with Crippen molar-refractivity contribution in [3.05, 3.63) is 47.9 Å². The maximum Gasteiger partial charge on any atom is 0.413 e. The molecule has 0 fully saturated rings. The highest BCUT2D eigenvalue weighted by atomic mass is 35.5. The molecule has 0 bridgehead atoms. The molecule has 9 nitrogen and oxygen atoms in total. The second kappa shape index (κ2) is 8.13. The fraction of sp³-hybridized carbons (Fsp3) is 0.188. The third kappa shape index (κ3) is 3.83. The molecule has 3 aromatic heterocycles. The highest BCUT2D eigenvalue weighted by Gasteiger charge is 2.32. The van der Waals surface area contributed by atoms with Gasteiger partial charge in [-0.05, 0) is 25.1 Å². The van der Waals surface area contributed by atoms with Crippen LogP contribution in [0.1, 0.15) is 18.5 Å². The number of amides is 1. The molecule has 3 rings (SSSR count). The molecule has 3 N–H and O–H groups in total. The van der Waals surface area contributed by atoms with Crippen LogP contribution in [0, 0.1) is 11.8 Å². The van der Waals surface area contributed by atoms with Gasteiger partial charge in [-0.1, -0.05) is 5.21 Å². The topological polar surface area (TPSA) is 123 Å². The molecule has 3 heterocycles. The SMILES string of the molecule is C[C@H](c1cc(F)cnc1F)N(C(=O)O)c1c(-c2ccc(N)cn2)nnn1C.Cl. The van der Waals surface area contributed by atoms with Gasteiger partial charge < -0.3 is 10.8 Å². The van der Waals surface area contributed by atoms with Gasteiger partial charge in [-0.3, -0.25) is 9.88 Å². The lowest BCUT2D eigenvalue weighted by Gasteiger charge is -2.26. The van der Waals surface area contributed by atoms with Crippen LogP contribution < -0.4 is 10.6 Å². The number of aromatic nitrogens is 5. The predicted octanol–water partition coefficient (Wildman–Crippen LogP) is 2.80. The number of rotatable bonds is 4. The van der Waals surface area contributed by atoms with Crippen molar-refractivity contribution in [3.63, 3.8) is 0 Å². The van der Waals surface area contributed by atoms with E-state index in [4.69, 9.17) is 5.73 Å². The smallest absolute Gasteiger partial charge is 0.413 e. The van der Waals surface area contributed by atoms with Gasteiger partial charge in [0.05, 0.1) is 29.8 Å². The molecule has 0 aliphatic heterocycles. The Bertz CT molecular complexity index is 997. The average Bonchev–Trinajstić information content (AvgIpc) is 2.99. The van der Waals surface area contributed by atoms with Crippen molar-refractivity contribution >= 4 is 30.0 Å². The van der Waals surface area contributed by atoms with E-state index in [1.807, 2.05) is 0 Å². The molecular formula is C16H16ClF2N7O2. The van der Waals surface area contributed by atoms with E-state index in [1.165, 1.54) is 24.9 Å². The van der Waals surface area contributed by atoms with Crippen LogP contribution in [0.15, 0.2) is 30.6 Å². The minimum Gasteiger partial charge on any atom is -0.465 e. The molecule has 0 saturated heterocycles. The van der Waals surface area contributed by atoms with E-state index >= 15 is 0 Å². The summed E-state index contributed by atoms with van der Waals surface area (Å²) < 4.78 is 28.8. The number of carbonyl (C=O) groups is 1. The lowest BCUT2D eigenvalue weighted by Crippen LogP contribution is -2.34. The molecule has 0 aliphatic rings. The lowest BCUT2D eigenvalue weighted by atomic mass is 10.1. The number of aryl methyl sites for hydroxylation is 1. The Morgan fingerprint density at radius 3 is 2.61 bits per heavy atom. The number of nitrogens with two attached hydrogens (primary N) is 1. The number of halogens is 3. The molecule has 0 aromatic carbocycles. The highest BCUT2D eigenvalue weighted by Crippen LogP contribution is 2.34. The number of nitrogen functional groups attached to an aromatic ring is 1. The number of hydrogen-bond donors (Lipinski definition) is 2. The van der Waals surface area contributed by atoms with Gasteiger partial charge in [-0.2, -0.15) is 4.39 Å². The molecule has 0 unspecified atom stereocenters. The summed E-state index contributed by atoms with van der Waals surface area (Å²) in [4.78, 5) is 20.2. The number of carboxylic acid groups (broad SMARTS) is 1. The largest absolute Gasteiger partial charge is 0.465 e. The van der Waals surface area contributed by atoms with Gasteiger partial charge in [-0.15, -0.1) is 17.5 Å². The van der Waals surface area contributed by atoms with E-state index in [2.05, 4.69) is 20.3 Å². The maximum absolute atomic E-state index is 14.1. The molecule has 3 aromatic rings. The summed E-state index contributed by atoms with van der Waals surface area (Å²) in [6.45, 7) is 1.40. The predicted molar refractivity (Wildman–Crippen MR) is 99.0 cm³/mol. The molecular weight excluding hydrogens is 396 g/mol. The summed E-state index contributed by atoms with van der Waals surface area (Å²) in [7, 11) is 1.48. The van der Waals surface area contributed by atoms with E-state index in [0.29, 0.717) is 17.6 Å². The minimum atomic E-state index is -1.41. The lowest BCUT2D eigenvalue weighted by molar-refractivity contribution is 0.199. The molecule has 1 amide bonds. The molecule has 0 saturated carbocycles. The quantitative estimate of drug-likeness (QED) is 0.632. The van der Waals surface area contributed by atoms with Gasteiger partial charge in [0.15, 0.2) is 11.5 Å². The van der Waals surface area contributed by atoms with Crippen molar-refractivity contribution in [3.8, 4) is 11.4 Å². The Morgan fingerprint density at radius 1 is 1.29 bits per heavy atom. The first kappa shape index (κ1) is 21.0. The van der Waals surface area contributed by atoms with Gasteiger partial charge in [0.2, 0.25) is 5.95 Å². The Balaban J connectivity index is 0.00000280. The second-order valence-electron chi connectivity index (χ2n) is 5.72. The standard InChI is InChI=1S/C16H15F2N7O2.ClH/c1-8(11-5-9(17)6-21-14(11)18)25(16(26)27)15-13(22-23-24(15)2)12-4-3-10(19)7-20-12;/h3-8H,19H2,1-2H3,(H,26,27);1H/t8-;/m1./s1. The third-order valence-electron chi connectivity index (χ3n) is 3.93. The summed E-state index contributed by atoms with van der Waals surface area (Å²) >= 11 is 0. The fourth-order valence-electron chi connectivity index (χ4n) is 2.64. The van der Waals surface area contributed by atoms with Crippen LogP contribution in [0.25, 0.3) is 11.4 Å². The van der Waals surface area contributed by atoms with Crippen molar-refractivity contribution in [2.45, 2.75) is 13.0 Å². The average molecular weight is 412 g/mol. The second-order valence-corrected chi connectivity index (χ2v) is 5.72. The Kier molecular flexibility index (Phi) is 6.09. The fourth-order valence-corrected chi connectivity index (χ4v) is 2.64. The van der Waals surface area contributed by atoms with E-state index < -0.39 is 23.9 Å². The molecule has 0 radical (unpaired) electrons. The first-order chi connectivity index (χ1) is 12.8. The molecule has 148 valence electrons. The van der Waals surface area contributed by atoms with Gasteiger partial charge in [0, 0.05) is 12.6 Å². The van der Waals surface area contributed by atoms with Crippen LogP contribution in [0.4, 0.5) is 25.1 Å². The summed E-state index contributed by atoms with van der Waals surface area (Å²) in [5.41, 5.74) is 6.28. The van der Waals surface area contributed by atoms with E-state index in [1.54, 1.807) is 12.1 Å². The summed E-state index contributed by atoms with van der Waals surface area (Å²) in [5, 5.41) is 17.6. The number of nitrogens with zero attached hydrogens (tertiary/aromatic N) is 6. The van der Waals surface area contributed by atoms with Crippen molar-refractivity contribution in [2.75, 3.05) is 10.6 Å². The summed E-state index contributed by atoms with van der Waals surface area (Å²) in [5.74, 6) is -1.72. The third-order valence-corrected chi connectivity index (χ3v) is 3.93. The summed E-state index contributed by atoms with van der Waals surface area (Å²) in [6.07, 6.45) is 0.693. The van der Waals surface area contributed by atoms with Crippen LogP contribution in [-0.4, -0.2) is 36.2 Å². The van der Waals surface area contributed by atoms with E-state index in [0.717, 1.165) is 11.0 Å². The zero-order valence-corrected chi connectivity index (χ0v) is 15.6. The molecule has 28 heavy (non-hydrogen) atoms. The number of anilines is 2. The van der Waals surface area contributed by atoms with Crippen LogP contribution in [0.5, 0.6) is 0 Å². The Morgan fingerprint density at radius 2 is 2.00 bits per heavy atom. The van der Waals surface area contributed by atoms with Crippen molar-refractivity contribution in [1.82, 2.24) is 25.0 Å². The van der Waals surface area contributed by atoms with Crippen molar-refractivity contribution in [1.29, 1.82) is 0 Å². The monoisotopic (exact) mass is 411 g/mol. The number of hydrogen-bond acceptors (Lipinski definition) is 6. The summed E-state index contributed by atoms with van der Waals surface area (Å²) in [6, 6.07) is 2.91. The zero-order valence-electron chi connectivity index (χ0n) is 14.7. The van der Waals surface area contributed by atoms with E-state index in [-0.39, 0.29) is 29.5 Å². The van der Waals surface area contributed by atoms with Crippen LogP contribution in [0.3, 0.4) is 0 Å². The zero-order chi connectivity index (χ0) is 19.7. The van der Waals surface area contributed by atoms with E-state index in [9.17, 15) is 18.7 Å². The molecule has 0 spiro atoms. The van der Waals surface area contributed by atoms with Crippen molar-refractivity contribution in [2.24, 2.45) is 7.05 Å². The maximum atomic E-state index is 14.1. The Labute approximate surface area is 164 Å². The van der Waals surface area contributed by atoms with Crippen molar-refractivity contribution < 1.29 is 18.7 Å². The first-order valence-electron chi connectivity index (χ1n) is 7.74. The first-order valence-corrected chi connectivity index (χ1v) is 7.74. The van der Waals surface area contributed by atoms with Gasteiger partial charge in [-0.25, -0.2) is 18.9 Å². The van der Waals surface area contributed by atoms with Gasteiger partial charge >= 0.3 is 6.09 Å². The van der Waals surface area contributed by atoms with Gasteiger partial charge in [0.1, 0.15) is 5.82 Å². The van der Waals surface area contributed by atoms with Gasteiger partial charge in [0.25, 0.3) is 0 Å². The highest BCUT2D eigenvalue weighted by molar-refractivity contribution is 5.90. The molecule has 0 aliphatic carbocycles. The van der Waals surface area contributed by atoms with Crippen LogP contribution >= 0.6 is 12.4 Å². The van der Waals surface area contributed by atoms with Crippen LogP contribution in [-0.2, 0) is 7.05 Å². The minimum absolute atomic E-state index is 0. The Hall–Kier alpha value is -3.34. The molecule has 1 atom stereocenters. The normalized spacial score (nSPS) is 11.6. The molecule has 12 heteroatoms. The number of pyridine rings is 2.